The van der Waals surface area contributed by atoms with E-state index in [1.54, 1.807) is 0 Å². The van der Waals surface area contributed by atoms with Crippen molar-refractivity contribution >= 4 is 15.9 Å². The molecule has 0 nitrogen and oxygen atoms in total. The fraction of sp³-hybridized carbons (Fsp3) is 1.00. The van der Waals surface area contributed by atoms with Crippen molar-refractivity contribution in [1.82, 2.24) is 0 Å². The van der Waals surface area contributed by atoms with Gasteiger partial charge in [0, 0.05) is 5.33 Å². The third-order valence-electron chi connectivity index (χ3n) is 5.19. The maximum Gasteiger partial charge on any atom is 0.00623 e. The molecule has 0 amide bonds. The molecular weight excluding hydrogens is 308 g/mol. The Morgan fingerprint density at radius 2 is 1.35 bits per heavy atom. The second-order valence-corrected chi connectivity index (χ2v) is 7.58. The molecule has 0 aromatic carbocycles. The maximum absolute atomic E-state index is 3.80. The van der Waals surface area contributed by atoms with E-state index in [4.69, 9.17) is 0 Å². The van der Waals surface area contributed by atoms with E-state index in [-0.39, 0.29) is 0 Å². The van der Waals surface area contributed by atoms with Crippen LogP contribution in [0.2, 0.25) is 0 Å². The summed E-state index contributed by atoms with van der Waals surface area (Å²) in [5.41, 5.74) is 0. The predicted molar refractivity (Wildman–Crippen MR) is 95.7 cm³/mol. The standard InChI is InChI=1S/C19H37Br/c1-2-3-4-5-6-8-13-16-19(17-20)18-14-11-9-7-10-12-15-18/h18-19H,2-17H2,1H3. The SMILES string of the molecule is CCCCCCCCCC(CBr)C1CCCCCCC1. The third kappa shape index (κ3) is 8.70. The highest BCUT2D eigenvalue weighted by Crippen LogP contribution is 2.32. The monoisotopic (exact) mass is 344 g/mol. The first kappa shape index (κ1) is 18.5. The highest BCUT2D eigenvalue weighted by molar-refractivity contribution is 9.09. The molecule has 0 radical (unpaired) electrons. The van der Waals surface area contributed by atoms with Crippen molar-refractivity contribution in [3.63, 3.8) is 0 Å². The van der Waals surface area contributed by atoms with E-state index < -0.39 is 0 Å². The molecule has 20 heavy (non-hydrogen) atoms. The number of hydrogen-bond acceptors (Lipinski definition) is 0. The molecule has 1 saturated carbocycles. The molecule has 1 aliphatic rings. The minimum absolute atomic E-state index is 0.962. The minimum atomic E-state index is 0.962. The largest absolute Gasteiger partial charge is 0.0925 e. The van der Waals surface area contributed by atoms with Crippen LogP contribution in [0.3, 0.4) is 0 Å². The van der Waals surface area contributed by atoms with Crippen LogP contribution in [0.4, 0.5) is 0 Å². The van der Waals surface area contributed by atoms with Crippen molar-refractivity contribution in [2.45, 2.75) is 103 Å². The van der Waals surface area contributed by atoms with Gasteiger partial charge < -0.3 is 0 Å². The van der Waals surface area contributed by atoms with Gasteiger partial charge in [0.05, 0.1) is 0 Å². The van der Waals surface area contributed by atoms with Crippen molar-refractivity contribution in [2.24, 2.45) is 11.8 Å². The molecule has 0 heterocycles. The van der Waals surface area contributed by atoms with Gasteiger partial charge in [0.25, 0.3) is 0 Å². The van der Waals surface area contributed by atoms with E-state index in [9.17, 15) is 0 Å². The summed E-state index contributed by atoms with van der Waals surface area (Å²) in [6.45, 7) is 2.30. The lowest BCUT2D eigenvalue weighted by atomic mass is 9.80. The lowest BCUT2D eigenvalue weighted by molar-refractivity contribution is 0.268. The zero-order chi connectivity index (χ0) is 14.5. The van der Waals surface area contributed by atoms with E-state index in [0.29, 0.717) is 0 Å². The molecule has 1 rings (SSSR count). The van der Waals surface area contributed by atoms with Crippen LogP contribution in [0.1, 0.15) is 103 Å². The summed E-state index contributed by atoms with van der Waals surface area (Å²) < 4.78 is 0. The first-order chi connectivity index (χ1) is 9.88. The zero-order valence-electron chi connectivity index (χ0n) is 13.8. The number of halogens is 1. The molecule has 1 aliphatic carbocycles. The Bertz CT molecular complexity index is 194. The van der Waals surface area contributed by atoms with Crippen molar-refractivity contribution in [3.05, 3.63) is 0 Å². The Hall–Kier alpha value is 0.480. The molecule has 0 aromatic rings. The normalized spacial score (nSPS) is 19.5. The topological polar surface area (TPSA) is 0 Å². The minimum Gasteiger partial charge on any atom is -0.0925 e. The third-order valence-corrected chi connectivity index (χ3v) is 6.02. The van der Waals surface area contributed by atoms with Crippen LogP contribution in [-0.4, -0.2) is 5.33 Å². The Balaban J connectivity index is 2.10. The average Bonchev–Trinajstić information content (AvgIpc) is 2.43. The van der Waals surface area contributed by atoms with E-state index in [1.807, 2.05) is 0 Å². The lowest BCUT2D eigenvalue weighted by Crippen LogP contribution is -2.17. The number of unbranched alkanes of at least 4 members (excludes halogenated alkanes) is 6. The van der Waals surface area contributed by atoms with E-state index >= 15 is 0 Å². The van der Waals surface area contributed by atoms with E-state index in [1.165, 1.54) is 102 Å². The van der Waals surface area contributed by atoms with Crippen LogP contribution >= 0.6 is 15.9 Å². The smallest absolute Gasteiger partial charge is 0.00623 e. The number of hydrogen-bond donors (Lipinski definition) is 0. The van der Waals surface area contributed by atoms with Crippen molar-refractivity contribution in [3.8, 4) is 0 Å². The Morgan fingerprint density at radius 3 is 1.95 bits per heavy atom. The Labute approximate surface area is 136 Å². The summed E-state index contributed by atoms with van der Waals surface area (Å²) >= 11 is 3.80. The molecule has 0 bridgehead atoms. The molecule has 1 atom stereocenters. The highest BCUT2D eigenvalue weighted by atomic mass is 79.9. The van der Waals surface area contributed by atoms with Crippen LogP contribution in [0.5, 0.6) is 0 Å². The molecule has 1 unspecified atom stereocenters. The van der Waals surface area contributed by atoms with Gasteiger partial charge in [0.15, 0.2) is 0 Å². The summed E-state index contributed by atoms with van der Waals surface area (Å²) in [4.78, 5) is 0. The summed E-state index contributed by atoms with van der Waals surface area (Å²) in [5.74, 6) is 1.98. The van der Waals surface area contributed by atoms with Crippen LogP contribution in [0.15, 0.2) is 0 Å². The van der Waals surface area contributed by atoms with Gasteiger partial charge in [-0.3, -0.25) is 0 Å². The molecule has 0 aliphatic heterocycles. The number of alkyl halides is 1. The molecule has 0 N–H and O–H groups in total. The first-order valence-electron chi connectivity index (χ1n) is 9.44. The van der Waals surface area contributed by atoms with E-state index in [0.717, 1.165) is 11.8 Å². The van der Waals surface area contributed by atoms with Crippen LogP contribution in [0, 0.1) is 11.8 Å². The molecule has 0 saturated heterocycles. The van der Waals surface area contributed by atoms with Gasteiger partial charge >= 0.3 is 0 Å². The van der Waals surface area contributed by atoms with E-state index in [2.05, 4.69) is 22.9 Å². The molecule has 1 fully saturated rings. The molecule has 1 heteroatoms. The van der Waals surface area contributed by atoms with Crippen LogP contribution in [0.25, 0.3) is 0 Å². The molecule has 0 aromatic heterocycles. The molecule has 0 spiro atoms. The van der Waals surface area contributed by atoms with Gasteiger partial charge in [-0.2, -0.15) is 0 Å². The van der Waals surface area contributed by atoms with Crippen molar-refractivity contribution in [2.75, 3.05) is 5.33 Å². The van der Waals surface area contributed by atoms with Gasteiger partial charge in [-0.25, -0.2) is 0 Å². The summed E-state index contributed by atoms with van der Waals surface area (Å²) in [7, 11) is 0. The van der Waals surface area contributed by atoms with Gasteiger partial charge in [-0.1, -0.05) is 113 Å². The molecular formula is C19H37Br. The van der Waals surface area contributed by atoms with Gasteiger partial charge in [-0.15, -0.1) is 0 Å². The first-order valence-corrected chi connectivity index (χ1v) is 10.6. The fourth-order valence-electron chi connectivity index (χ4n) is 3.76. The lowest BCUT2D eigenvalue weighted by Gasteiger charge is -2.27. The Kier molecular flexibility index (Phi) is 12.2. The van der Waals surface area contributed by atoms with Gasteiger partial charge in [0.2, 0.25) is 0 Å². The van der Waals surface area contributed by atoms with Crippen molar-refractivity contribution in [1.29, 1.82) is 0 Å². The van der Waals surface area contributed by atoms with Crippen LogP contribution < -0.4 is 0 Å². The number of rotatable bonds is 10. The predicted octanol–water partition coefficient (Wildman–Crippen LogP) is 7.50. The summed E-state index contributed by atoms with van der Waals surface area (Å²) in [6, 6.07) is 0. The Morgan fingerprint density at radius 1 is 0.800 bits per heavy atom. The fourth-order valence-corrected chi connectivity index (χ4v) is 4.61. The van der Waals surface area contributed by atoms with Crippen LogP contribution in [-0.2, 0) is 0 Å². The highest BCUT2D eigenvalue weighted by Gasteiger charge is 2.20. The van der Waals surface area contributed by atoms with Crippen molar-refractivity contribution < 1.29 is 0 Å². The summed E-state index contributed by atoms with van der Waals surface area (Å²) in [6.07, 6.45) is 22.1. The maximum atomic E-state index is 3.80. The second-order valence-electron chi connectivity index (χ2n) is 6.93. The quantitative estimate of drug-likeness (QED) is 0.284. The summed E-state index contributed by atoms with van der Waals surface area (Å²) in [5, 5.41) is 1.24. The zero-order valence-corrected chi connectivity index (χ0v) is 15.4. The molecule has 120 valence electrons. The second kappa shape index (κ2) is 13.2. The van der Waals surface area contributed by atoms with Gasteiger partial charge in [-0.05, 0) is 18.3 Å². The average molecular weight is 345 g/mol. The van der Waals surface area contributed by atoms with Gasteiger partial charge in [0.1, 0.15) is 0 Å².